The highest BCUT2D eigenvalue weighted by Crippen LogP contribution is 2.32. The van der Waals surface area contributed by atoms with Crippen molar-refractivity contribution in [1.82, 2.24) is 29.5 Å². The highest BCUT2D eigenvalue weighted by Gasteiger charge is 2.35. The number of hydrogen-bond donors (Lipinski definition) is 1. The number of aromatic amines is 1. The SMILES string of the molecule is CC[C@H](C)C(=O)N1CCC[C@@H]1c1nc2c(c(=O)[nH]1)CN(C(=O)c1ccnn1CC)CC2. The number of carbonyl (C=O) groups is 2. The standard InChI is InChI=1S/C22H30N6O3/c1-4-14(3)21(30)27-11-6-7-17(27)19-24-16-9-12-26(13-15(16)20(29)25-19)22(31)18-8-10-23-28(18)5-2/h8,10,14,17H,4-7,9,11-13H2,1-3H3,(H,24,25,29)/t14-,17+/m0/s1. The Morgan fingerprint density at radius 3 is 2.84 bits per heavy atom. The average molecular weight is 427 g/mol. The molecule has 0 unspecified atom stereocenters. The van der Waals surface area contributed by atoms with Crippen LogP contribution in [0.5, 0.6) is 0 Å². The Hall–Kier alpha value is -2.97. The predicted molar refractivity (Wildman–Crippen MR) is 114 cm³/mol. The zero-order valence-corrected chi connectivity index (χ0v) is 18.4. The topological polar surface area (TPSA) is 104 Å². The molecule has 166 valence electrons. The molecule has 9 nitrogen and oxygen atoms in total. The molecule has 4 heterocycles. The smallest absolute Gasteiger partial charge is 0.272 e. The summed E-state index contributed by atoms with van der Waals surface area (Å²) in [6, 6.07) is 1.52. The number of likely N-dealkylation sites (tertiary alicyclic amines) is 1. The maximum absolute atomic E-state index is 12.9. The molecule has 2 atom stereocenters. The van der Waals surface area contributed by atoms with Crippen molar-refractivity contribution in [3.05, 3.63) is 45.4 Å². The molecule has 0 bridgehead atoms. The summed E-state index contributed by atoms with van der Waals surface area (Å²) in [5, 5.41) is 4.16. The molecule has 0 aliphatic carbocycles. The number of aromatic nitrogens is 4. The van der Waals surface area contributed by atoms with E-state index in [0.29, 0.717) is 43.1 Å². The van der Waals surface area contributed by atoms with Crippen LogP contribution in [0.2, 0.25) is 0 Å². The van der Waals surface area contributed by atoms with Crippen molar-refractivity contribution in [1.29, 1.82) is 0 Å². The van der Waals surface area contributed by atoms with Crippen LogP contribution in [0.3, 0.4) is 0 Å². The highest BCUT2D eigenvalue weighted by molar-refractivity contribution is 5.92. The number of nitrogens with one attached hydrogen (secondary N) is 1. The summed E-state index contributed by atoms with van der Waals surface area (Å²) in [6.45, 7) is 7.91. The fraction of sp³-hybridized carbons (Fsp3) is 0.591. The van der Waals surface area contributed by atoms with E-state index >= 15 is 0 Å². The summed E-state index contributed by atoms with van der Waals surface area (Å²) in [5.41, 5.74) is 1.57. The van der Waals surface area contributed by atoms with Crippen LogP contribution in [0.1, 0.15) is 73.6 Å². The molecule has 2 aromatic rings. The monoisotopic (exact) mass is 426 g/mol. The number of amides is 2. The molecule has 1 saturated heterocycles. The van der Waals surface area contributed by atoms with Gasteiger partial charge in [0.2, 0.25) is 5.91 Å². The van der Waals surface area contributed by atoms with Crippen molar-refractivity contribution in [2.24, 2.45) is 5.92 Å². The number of hydrogen-bond acceptors (Lipinski definition) is 5. The molecule has 31 heavy (non-hydrogen) atoms. The molecule has 1 N–H and O–H groups in total. The summed E-state index contributed by atoms with van der Waals surface area (Å²) in [6.07, 6.45) is 4.63. The largest absolute Gasteiger partial charge is 0.332 e. The van der Waals surface area contributed by atoms with Gasteiger partial charge in [0.05, 0.1) is 23.8 Å². The molecule has 2 aliphatic rings. The summed E-state index contributed by atoms with van der Waals surface area (Å²) in [4.78, 5) is 49.9. The number of aryl methyl sites for hydroxylation is 1. The van der Waals surface area contributed by atoms with Crippen LogP contribution in [0.15, 0.2) is 17.1 Å². The summed E-state index contributed by atoms with van der Waals surface area (Å²) in [7, 11) is 0. The van der Waals surface area contributed by atoms with E-state index in [1.165, 1.54) is 0 Å². The van der Waals surface area contributed by atoms with Crippen molar-refractivity contribution in [2.45, 2.75) is 65.6 Å². The Morgan fingerprint density at radius 2 is 2.10 bits per heavy atom. The van der Waals surface area contributed by atoms with Crippen molar-refractivity contribution in [3.8, 4) is 0 Å². The van der Waals surface area contributed by atoms with Crippen LogP contribution in [-0.2, 0) is 24.3 Å². The van der Waals surface area contributed by atoms with Gasteiger partial charge in [0, 0.05) is 38.2 Å². The van der Waals surface area contributed by atoms with Crippen molar-refractivity contribution in [3.63, 3.8) is 0 Å². The van der Waals surface area contributed by atoms with Crippen molar-refractivity contribution < 1.29 is 9.59 Å². The zero-order chi connectivity index (χ0) is 22.1. The third kappa shape index (κ3) is 3.88. The van der Waals surface area contributed by atoms with E-state index in [1.807, 2.05) is 25.7 Å². The maximum Gasteiger partial charge on any atom is 0.272 e. The van der Waals surface area contributed by atoms with Crippen LogP contribution in [0, 0.1) is 5.92 Å². The molecule has 2 aromatic heterocycles. The number of nitrogens with zero attached hydrogens (tertiary/aromatic N) is 5. The summed E-state index contributed by atoms with van der Waals surface area (Å²) >= 11 is 0. The van der Waals surface area contributed by atoms with E-state index in [0.717, 1.165) is 25.0 Å². The molecule has 0 radical (unpaired) electrons. The van der Waals surface area contributed by atoms with Gasteiger partial charge in [-0.15, -0.1) is 0 Å². The first-order valence-electron chi connectivity index (χ1n) is 11.2. The Morgan fingerprint density at radius 1 is 1.29 bits per heavy atom. The number of carbonyl (C=O) groups excluding carboxylic acids is 2. The van der Waals surface area contributed by atoms with Crippen molar-refractivity contribution in [2.75, 3.05) is 13.1 Å². The van der Waals surface area contributed by atoms with Gasteiger partial charge >= 0.3 is 0 Å². The van der Waals surface area contributed by atoms with Crippen LogP contribution < -0.4 is 5.56 Å². The van der Waals surface area contributed by atoms with Gasteiger partial charge in [-0.1, -0.05) is 13.8 Å². The lowest BCUT2D eigenvalue weighted by Crippen LogP contribution is -2.41. The fourth-order valence-electron chi connectivity index (χ4n) is 4.48. The van der Waals surface area contributed by atoms with Gasteiger partial charge in [-0.25, -0.2) is 4.98 Å². The predicted octanol–water partition coefficient (Wildman–Crippen LogP) is 1.89. The second-order valence-corrected chi connectivity index (χ2v) is 8.38. The Balaban J connectivity index is 1.57. The van der Waals surface area contributed by atoms with Crippen LogP contribution >= 0.6 is 0 Å². The van der Waals surface area contributed by atoms with Crippen molar-refractivity contribution >= 4 is 11.8 Å². The number of H-pyrrole nitrogens is 1. The van der Waals surface area contributed by atoms with Crippen LogP contribution in [-0.4, -0.2) is 54.5 Å². The number of fused-ring (bicyclic) bond motifs is 1. The van der Waals surface area contributed by atoms with Gasteiger partial charge in [0.25, 0.3) is 11.5 Å². The molecular weight excluding hydrogens is 396 g/mol. The van der Waals surface area contributed by atoms with Gasteiger partial charge in [-0.05, 0) is 32.3 Å². The van der Waals surface area contributed by atoms with E-state index in [-0.39, 0.29) is 35.9 Å². The fourth-order valence-corrected chi connectivity index (χ4v) is 4.48. The van der Waals surface area contributed by atoms with Gasteiger partial charge in [-0.3, -0.25) is 19.1 Å². The normalized spacial score (nSPS) is 19.4. The summed E-state index contributed by atoms with van der Waals surface area (Å²) in [5.74, 6) is 0.520. The minimum Gasteiger partial charge on any atom is -0.332 e. The maximum atomic E-state index is 12.9. The van der Waals surface area contributed by atoms with E-state index in [4.69, 9.17) is 4.98 Å². The van der Waals surface area contributed by atoms with Crippen LogP contribution in [0.25, 0.3) is 0 Å². The van der Waals surface area contributed by atoms with Gasteiger partial charge < -0.3 is 14.8 Å². The lowest BCUT2D eigenvalue weighted by Gasteiger charge is -2.30. The molecule has 1 fully saturated rings. The molecule has 0 spiro atoms. The van der Waals surface area contributed by atoms with Gasteiger partial charge in [0.1, 0.15) is 11.5 Å². The lowest BCUT2D eigenvalue weighted by molar-refractivity contribution is -0.136. The van der Waals surface area contributed by atoms with Gasteiger partial charge in [-0.2, -0.15) is 5.10 Å². The molecule has 4 rings (SSSR count). The average Bonchev–Trinajstić information content (AvgIpc) is 3.46. The first-order valence-corrected chi connectivity index (χ1v) is 11.2. The molecule has 2 aliphatic heterocycles. The Bertz CT molecular complexity index is 1040. The first kappa shape index (κ1) is 21.3. The molecule has 2 amide bonds. The third-order valence-electron chi connectivity index (χ3n) is 6.49. The second-order valence-electron chi connectivity index (χ2n) is 8.38. The molecular formula is C22H30N6O3. The van der Waals surface area contributed by atoms with Gasteiger partial charge in [0.15, 0.2) is 0 Å². The first-order chi connectivity index (χ1) is 14.9. The Kier molecular flexibility index (Phi) is 5.93. The van der Waals surface area contributed by atoms with Crippen LogP contribution in [0.4, 0.5) is 0 Å². The van der Waals surface area contributed by atoms with E-state index in [1.54, 1.807) is 21.8 Å². The quantitative estimate of drug-likeness (QED) is 0.786. The zero-order valence-electron chi connectivity index (χ0n) is 18.4. The van der Waals surface area contributed by atoms with E-state index in [2.05, 4.69) is 10.1 Å². The second kappa shape index (κ2) is 8.64. The van der Waals surface area contributed by atoms with E-state index < -0.39 is 0 Å². The molecule has 0 saturated carbocycles. The Labute approximate surface area is 181 Å². The minimum absolute atomic E-state index is 0.0407. The lowest BCUT2D eigenvalue weighted by atomic mass is 10.0. The third-order valence-corrected chi connectivity index (χ3v) is 6.49. The molecule has 9 heteroatoms. The molecule has 0 aromatic carbocycles. The highest BCUT2D eigenvalue weighted by atomic mass is 16.2. The van der Waals surface area contributed by atoms with E-state index in [9.17, 15) is 14.4 Å². The summed E-state index contributed by atoms with van der Waals surface area (Å²) < 4.78 is 1.66. The minimum atomic E-state index is -0.218. The number of rotatable bonds is 5.